The standard InChI is InChI=1S/C30H51NO9/c1-12-22-29(7,36)14-16(2)23(32)17(3)15-30(8,37-11)26(19(5)24(33)20(6)27(35)39-22)40-28-25(34)21(31(9)10)13-18(4)38-28/h14,17-22,25-26,28,34,36H,12-13,15H2,1-11H3/b16-14+/t17-,18-,19+,20-,21+,22?,25-,26-,28+,29+,30-/m1/s1. The highest BCUT2D eigenvalue weighted by Crippen LogP contribution is 2.37. The number of esters is 1. The van der Waals surface area contributed by atoms with Crippen LogP contribution in [0.5, 0.6) is 0 Å². The molecule has 2 heterocycles. The summed E-state index contributed by atoms with van der Waals surface area (Å²) in [6, 6.07) is -0.243. The van der Waals surface area contributed by atoms with Crippen LogP contribution in [-0.2, 0) is 33.3 Å². The first-order chi connectivity index (χ1) is 18.4. The molecule has 0 amide bonds. The molecule has 1 fully saturated rings. The molecule has 0 spiro atoms. The van der Waals surface area contributed by atoms with Gasteiger partial charge in [-0.25, -0.2) is 0 Å². The number of methoxy groups -OCH3 is 1. The number of ether oxygens (including phenoxy) is 4. The fourth-order valence-corrected chi connectivity index (χ4v) is 6.12. The number of cyclic esters (lactones) is 1. The fourth-order valence-electron chi connectivity index (χ4n) is 6.12. The number of hydrogen-bond donors (Lipinski definition) is 2. The summed E-state index contributed by atoms with van der Waals surface area (Å²) in [7, 11) is 5.22. The van der Waals surface area contributed by atoms with Gasteiger partial charge >= 0.3 is 5.97 Å². The molecule has 2 N–H and O–H groups in total. The second-order valence-electron chi connectivity index (χ2n) is 12.4. The van der Waals surface area contributed by atoms with Crippen molar-refractivity contribution < 1.29 is 43.5 Å². The molecule has 0 aliphatic carbocycles. The third-order valence-corrected chi connectivity index (χ3v) is 8.65. The summed E-state index contributed by atoms with van der Waals surface area (Å²) >= 11 is 0. The molecule has 11 atom stereocenters. The van der Waals surface area contributed by atoms with Crippen LogP contribution in [0.4, 0.5) is 0 Å². The Morgan fingerprint density at radius 2 is 1.73 bits per heavy atom. The fraction of sp³-hybridized carbons (Fsp3) is 0.833. The zero-order valence-electron chi connectivity index (χ0n) is 26.1. The Labute approximate surface area is 239 Å². The quantitative estimate of drug-likeness (QED) is 0.376. The number of ketones is 2. The lowest BCUT2D eigenvalue weighted by atomic mass is 9.77. The van der Waals surface area contributed by atoms with Crippen LogP contribution < -0.4 is 0 Å². The van der Waals surface area contributed by atoms with Crippen molar-refractivity contribution in [1.29, 1.82) is 0 Å². The number of carbonyl (C=O) groups is 3. The lowest BCUT2D eigenvalue weighted by Gasteiger charge is -2.46. The number of rotatable bonds is 5. The molecular weight excluding hydrogens is 518 g/mol. The maximum atomic E-state index is 13.8. The van der Waals surface area contributed by atoms with Crippen molar-refractivity contribution in [2.75, 3.05) is 21.2 Å². The number of aliphatic hydroxyl groups excluding tert-OH is 1. The molecule has 0 aromatic rings. The van der Waals surface area contributed by atoms with Crippen LogP contribution in [0.2, 0.25) is 0 Å². The first-order valence-electron chi connectivity index (χ1n) is 14.3. The van der Waals surface area contributed by atoms with E-state index in [1.807, 2.05) is 25.9 Å². The van der Waals surface area contributed by atoms with Crippen LogP contribution in [0.25, 0.3) is 0 Å². The zero-order valence-corrected chi connectivity index (χ0v) is 26.1. The smallest absolute Gasteiger partial charge is 0.316 e. The highest BCUT2D eigenvalue weighted by atomic mass is 16.7. The zero-order chi connectivity index (χ0) is 30.7. The van der Waals surface area contributed by atoms with E-state index in [0.717, 1.165) is 0 Å². The van der Waals surface area contributed by atoms with Crippen molar-refractivity contribution in [3.8, 4) is 0 Å². The van der Waals surface area contributed by atoms with Crippen LogP contribution in [0.1, 0.15) is 74.7 Å². The second-order valence-corrected chi connectivity index (χ2v) is 12.4. The van der Waals surface area contributed by atoms with Gasteiger partial charge in [0.25, 0.3) is 0 Å². The number of hydrogen-bond acceptors (Lipinski definition) is 10. The van der Waals surface area contributed by atoms with Gasteiger partial charge in [-0.05, 0) is 79.6 Å². The molecule has 2 aliphatic heterocycles. The van der Waals surface area contributed by atoms with E-state index in [1.165, 1.54) is 27.0 Å². The van der Waals surface area contributed by atoms with Gasteiger partial charge in [0, 0.05) is 25.0 Å². The van der Waals surface area contributed by atoms with Crippen molar-refractivity contribution in [2.24, 2.45) is 17.8 Å². The number of nitrogens with zero attached hydrogens (tertiary/aromatic N) is 1. The van der Waals surface area contributed by atoms with E-state index in [9.17, 15) is 24.6 Å². The molecule has 10 nitrogen and oxygen atoms in total. The van der Waals surface area contributed by atoms with Crippen molar-refractivity contribution in [2.45, 2.75) is 123 Å². The van der Waals surface area contributed by atoms with Crippen LogP contribution in [0, 0.1) is 17.8 Å². The van der Waals surface area contributed by atoms with Gasteiger partial charge in [-0.3, -0.25) is 14.4 Å². The molecule has 1 unspecified atom stereocenters. The predicted octanol–water partition coefficient (Wildman–Crippen LogP) is 2.67. The molecule has 230 valence electrons. The SMILES string of the molecule is CCC1OC(=O)[C@H](C)C(=O)[C@H](C)[C@@H](O[C@@H]2O[C@H](C)C[C@H](N(C)C)[C@H]2O)[C@](C)(OC)C[C@@H](C)C(=O)/C(C)=C/[C@]1(C)O. The Balaban J connectivity index is 2.62. The normalized spacial score (nSPS) is 44.1. The van der Waals surface area contributed by atoms with Gasteiger partial charge in [-0.1, -0.05) is 20.8 Å². The van der Waals surface area contributed by atoms with E-state index >= 15 is 0 Å². The molecular formula is C30H51NO9. The average Bonchev–Trinajstić information content (AvgIpc) is 2.88. The van der Waals surface area contributed by atoms with Crippen LogP contribution in [0.15, 0.2) is 11.6 Å². The Kier molecular flexibility index (Phi) is 11.7. The molecule has 1 saturated heterocycles. The van der Waals surface area contributed by atoms with Gasteiger partial charge in [0.05, 0.1) is 17.8 Å². The van der Waals surface area contributed by atoms with Gasteiger partial charge < -0.3 is 34.1 Å². The van der Waals surface area contributed by atoms with Gasteiger partial charge in [-0.15, -0.1) is 0 Å². The van der Waals surface area contributed by atoms with Gasteiger partial charge in [0.1, 0.15) is 23.7 Å². The summed E-state index contributed by atoms with van der Waals surface area (Å²) in [5.41, 5.74) is -2.48. The number of Topliss-reactive ketones (excluding diaryl/α,β-unsaturated/α-hetero) is 2. The van der Waals surface area contributed by atoms with Crippen molar-refractivity contribution >= 4 is 17.5 Å². The topological polar surface area (TPSA) is 132 Å². The minimum Gasteiger partial charge on any atom is -0.458 e. The summed E-state index contributed by atoms with van der Waals surface area (Å²) in [5.74, 6) is -4.08. The van der Waals surface area contributed by atoms with Gasteiger partial charge in [0.2, 0.25) is 0 Å². The summed E-state index contributed by atoms with van der Waals surface area (Å²) in [6.45, 7) is 13.4. The van der Waals surface area contributed by atoms with E-state index in [-0.39, 0.29) is 30.8 Å². The van der Waals surface area contributed by atoms with Crippen molar-refractivity contribution in [3.63, 3.8) is 0 Å². The van der Waals surface area contributed by atoms with Crippen LogP contribution in [-0.4, -0.2) is 102 Å². The number of carbonyl (C=O) groups excluding carboxylic acids is 3. The third kappa shape index (κ3) is 7.57. The van der Waals surface area contributed by atoms with Crippen molar-refractivity contribution in [1.82, 2.24) is 4.90 Å². The summed E-state index contributed by atoms with van der Waals surface area (Å²) < 4.78 is 24.1. The minimum absolute atomic E-state index is 0.170. The van der Waals surface area contributed by atoms with E-state index < -0.39 is 65.3 Å². The highest BCUT2D eigenvalue weighted by Gasteiger charge is 2.49. The highest BCUT2D eigenvalue weighted by molar-refractivity contribution is 6.00. The molecule has 0 aromatic carbocycles. The minimum atomic E-state index is -1.62. The summed E-state index contributed by atoms with van der Waals surface area (Å²) in [6.07, 6.45) is -1.79. The largest absolute Gasteiger partial charge is 0.458 e. The molecule has 10 heteroatoms. The van der Waals surface area contributed by atoms with E-state index in [4.69, 9.17) is 18.9 Å². The van der Waals surface area contributed by atoms with Crippen LogP contribution >= 0.6 is 0 Å². The Hall–Kier alpha value is -1.69. The molecule has 2 aliphatic rings. The average molecular weight is 570 g/mol. The number of aliphatic hydroxyl groups is 2. The Bertz CT molecular complexity index is 947. The maximum Gasteiger partial charge on any atom is 0.316 e. The first-order valence-corrected chi connectivity index (χ1v) is 14.3. The molecule has 40 heavy (non-hydrogen) atoms. The van der Waals surface area contributed by atoms with Gasteiger partial charge in [0.15, 0.2) is 17.9 Å². The first kappa shape index (κ1) is 34.5. The van der Waals surface area contributed by atoms with E-state index in [1.54, 1.807) is 34.6 Å². The molecule has 0 saturated carbocycles. The Morgan fingerprint density at radius 1 is 1.12 bits per heavy atom. The van der Waals surface area contributed by atoms with Gasteiger partial charge in [-0.2, -0.15) is 0 Å². The third-order valence-electron chi connectivity index (χ3n) is 8.65. The van der Waals surface area contributed by atoms with Crippen LogP contribution in [0.3, 0.4) is 0 Å². The lowest BCUT2D eigenvalue weighted by molar-refractivity contribution is -0.295. The maximum absolute atomic E-state index is 13.8. The van der Waals surface area contributed by atoms with Crippen molar-refractivity contribution in [3.05, 3.63) is 11.6 Å². The summed E-state index contributed by atoms with van der Waals surface area (Å²) in [5, 5.41) is 22.3. The number of likely N-dealkylation sites (N-methyl/N-ethyl adjacent to an activating group) is 1. The Morgan fingerprint density at radius 3 is 2.25 bits per heavy atom. The summed E-state index contributed by atoms with van der Waals surface area (Å²) in [4.78, 5) is 42.3. The monoisotopic (exact) mass is 569 g/mol. The van der Waals surface area contributed by atoms with E-state index in [2.05, 4.69) is 0 Å². The predicted molar refractivity (Wildman–Crippen MR) is 149 cm³/mol. The molecule has 0 radical (unpaired) electrons. The molecule has 2 rings (SSSR count). The number of allylic oxidation sites excluding steroid dienone is 1. The molecule has 0 aromatic heterocycles. The molecule has 0 bridgehead atoms. The second kappa shape index (κ2) is 13.5. The lowest BCUT2D eigenvalue weighted by Crippen LogP contribution is -2.59. The van der Waals surface area contributed by atoms with E-state index in [0.29, 0.717) is 12.0 Å².